The molecule has 2 unspecified atom stereocenters. The summed E-state index contributed by atoms with van der Waals surface area (Å²) < 4.78 is 24.2. The average Bonchev–Trinajstić information content (AvgIpc) is 3.81. The van der Waals surface area contributed by atoms with Crippen LogP contribution in [0.4, 0.5) is 0 Å². The molecule has 3 fully saturated rings. The highest BCUT2D eigenvalue weighted by Crippen LogP contribution is 2.42. The molecule has 3 aliphatic heterocycles. The number of esters is 1. The Morgan fingerprint density at radius 2 is 1.60 bits per heavy atom. The van der Waals surface area contributed by atoms with E-state index < -0.39 is 84.1 Å². The number of nitrogens with zero attached hydrogens (tertiary/aromatic N) is 1. The third-order valence-corrected chi connectivity index (χ3v) is 17.0. The maximum Gasteiger partial charge on any atom is 0.329 e. The van der Waals surface area contributed by atoms with Crippen LogP contribution in [0.2, 0.25) is 0 Å². The van der Waals surface area contributed by atoms with Crippen molar-refractivity contribution < 1.29 is 58.9 Å². The number of aryl methyl sites for hydroxylation is 1. The first-order chi connectivity index (χ1) is 34.7. The maximum absolute atomic E-state index is 14.6. The number of ketones is 1. The number of aromatic nitrogens is 1. The lowest BCUT2D eigenvalue weighted by Crippen LogP contribution is -2.60. The molecule has 406 valence electrons. The molecule has 2 saturated heterocycles. The number of cyclic esters (lactones) is 1. The first-order valence-electron chi connectivity index (χ1n) is 27.2. The van der Waals surface area contributed by atoms with E-state index in [-0.39, 0.29) is 55.1 Å². The van der Waals surface area contributed by atoms with Gasteiger partial charge in [0.15, 0.2) is 0 Å². The standard InChI is InChI=1S/C59H88N2O12/c1-34-17-12-11-13-18-35(2)45(46-33-60-52-36(3)19-16-20-44(46)52)31-43-24-22-41(8)59(69,73-43)56(66)57(67)61-26-15-14-21-47(61)58(68)72-50(38(5)29-42-23-25-48(62)51(30-42)70-9)32-49(63)37(4)28-40(7)54(65)55(71-10)53(64)39(6)27-34/h11-13,16-20,28,33-34,37-39,41-43,45,47-51,53-55,60,62-65,69H,14-15,21-27,29-32H2,1-10H3/b13-11+,17-12+,35-18+,40-28+/t34-,37-,38-,39-,41-,42+,43+,45?,47?,48-,49+,50+,51-,53+,54-,55+,59-/m1/s1. The molecule has 2 bridgehead atoms. The van der Waals surface area contributed by atoms with E-state index in [1.807, 2.05) is 51.3 Å². The summed E-state index contributed by atoms with van der Waals surface area (Å²) in [5, 5.41) is 59.1. The fourth-order valence-corrected chi connectivity index (χ4v) is 12.2. The molecule has 1 saturated carbocycles. The number of benzene rings is 1. The van der Waals surface area contributed by atoms with Crippen molar-refractivity contribution in [1.82, 2.24) is 9.88 Å². The molecule has 0 spiro atoms. The van der Waals surface area contributed by atoms with Crippen LogP contribution >= 0.6 is 0 Å². The molecule has 2 aromatic rings. The molecule has 4 heterocycles. The number of Topliss-reactive ketones (excluding diaryl/α,β-unsaturated/α-hetero) is 1. The Morgan fingerprint density at radius 3 is 2.33 bits per heavy atom. The van der Waals surface area contributed by atoms with E-state index in [2.05, 4.69) is 50.0 Å². The van der Waals surface area contributed by atoms with Crippen LogP contribution in [0.15, 0.2) is 72.0 Å². The van der Waals surface area contributed by atoms with Crippen molar-refractivity contribution in [2.75, 3.05) is 20.8 Å². The number of nitrogens with one attached hydrogen (secondary N) is 1. The monoisotopic (exact) mass is 1020 g/mol. The second-order valence-electron chi connectivity index (χ2n) is 22.6. The number of ether oxygens (including phenoxy) is 4. The van der Waals surface area contributed by atoms with Crippen LogP contribution in [0.3, 0.4) is 0 Å². The number of hydrogen-bond donors (Lipinski definition) is 6. The summed E-state index contributed by atoms with van der Waals surface area (Å²) in [6.07, 6.45) is 13.4. The van der Waals surface area contributed by atoms with Crippen LogP contribution < -0.4 is 0 Å². The Morgan fingerprint density at radius 1 is 0.849 bits per heavy atom. The van der Waals surface area contributed by atoms with E-state index in [9.17, 15) is 39.9 Å². The summed E-state index contributed by atoms with van der Waals surface area (Å²) in [6, 6.07) is 5.06. The molecule has 1 aromatic carbocycles. The molecule has 1 amide bonds. The Bertz CT molecular complexity index is 2290. The first-order valence-corrected chi connectivity index (χ1v) is 27.2. The minimum absolute atomic E-state index is 0.0326. The molecule has 0 radical (unpaired) electrons. The van der Waals surface area contributed by atoms with E-state index in [1.165, 1.54) is 12.0 Å². The molecular weight excluding hydrogens is 929 g/mol. The van der Waals surface area contributed by atoms with Gasteiger partial charge < -0.3 is 54.4 Å². The highest BCUT2D eigenvalue weighted by molar-refractivity contribution is 6.39. The summed E-state index contributed by atoms with van der Waals surface area (Å²) in [7, 11) is 3.05. The molecule has 17 atom stereocenters. The van der Waals surface area contributed by atoms with E-state index in [0.717, 1.165) is 34.0 Å². The summed E-state index contributed by atoms with van der Waals surface area (Å²) >= 11 is 0. The lowest BCUT2D eigenvalue weighted by atomic mass is 9.78. The number of aliphatic hydroxyl groups is 5. The molecule has 1 aromatic heterocycles. The number of piperidine rings is 1. The Labute approximate surface area is 434 Å². The smallest absolute Gasteiger partial charge is 0.329 e. The van der Waals surface area contributed by atoms with Crippen LogP contribution in [0.1, 0.15) is 143 Å². The molecular formula is C59H88N2O12. The molecule has 73 heavy (non-hydrogen) atoms. The Kier molecular flexibility index (Phi) is 20.9. The molecule has 14 nitrogen and oxygen atoms in total. The number of hydrogen-bond acceptors (Lipinski definition) is 12. The number of carbonyl (C=O) groups excluding carboxylic acids is 3. The van der Waals surface area contributed by atoms with Gasteiger partial charge in [-0.25, -0.2) is 4.79 Å². The van der Waals surface area contributed by atoms with Gasteiger partial charge in [-0.1, -0.05) is 94.8 Å². The number of carbonyl (C=O) groups is 3. The normalized spacial score (nSPS) is 39.4. The van der Waals surface area contributed by atoms with Gasteiger partial charge in [0.2, 0.25) is 5.79 Å². The second-order valence-corrected chi connectivity index (χ2v) is 22.6. The molecule has 14 heteroatoms. The number of allylic oxidation sites excluding steroid dienone is 6. The van der Waals surface area contributed by atoms with Gasteiger partial charge in [-0.2, -0.15) is 0 Å². The largest absolute Gasteiger partial charge is 0.460 e. The number of para-hydroxylation sites is 1. The zero-order valence-corrected chi connectivity index (χ0v) is 45.2. The van der Waals surface area contributed by atoms with Gasteiger partial charge >= 0.3 is 5.97 Å². The number of aromatic amines is 1. The van der Waals surface area contributed by atoms with E-state index in [1.54, 1.807) is 27.0 Å². The number of methoxy groups -OCH3 is 2. The topological polar surface area (TPSA) is 208 Å². The fourth-order valence-electron chi connectivity index (χ4n) is 12.2. The van der Waals surface area contributed by atoms with Gasteiger partial charge in [0.25, 0.3) is 11.7 Å². The van der Waals surface area contributed by atoms with Crippen LogP contribution in [0, 0.1) is 42.4 Å². The van der Waals surface area contributed by atoms with Crippen molar-refractivity contribution in [1.29, 1.82) is 0 Å². The highest BCUT2D eigenvalue weighted by Gasteiger charge is 2.53. The minimum atomic E-state index is -2.44. The van der Waals surface area contributed by atoms with Gasteiger partial charge in [-0.05, 0) is 132 Å². The van der Waals surface area contributed by atoms with E-state index in [0.29, 0.717) is 63.4 Å². The summed E-state index contributed by atoms with van der Waals surface area (Å²) in [5.74, 6) is -6.94. The van der Waals surface area contributed by atoms with Crippen molar-refractivity contribution in [3.63, 3.8) is 0 Å². The predicted octanol–water partition coefficient (Wildman–Crippen LogP) is 8.32. The van der Waals surface area contributed by atoms with Gasteiger partial charge in [-0.3, -0.25) is 9.59 Å². The summed E-state index contributed by atoms with van der Waals surface area (Å²) in [4.78, 5) is 48.5. The highest BCUT2D eigenvalue weighted by atomic mass is 16.6. The molecule has 6 rings (SSSR count). The Hall–Kier alpha value is -3.99. The number of H-pyrrole nitrogens is 1. The minimum Gasteiger partial charge on any atom is -0.460 e. The first kappa shape index (κ1) is 58.3. The van der Waals surface area contributed by atoms with Crippen molar-refractivity contribution in [2.45, 2.75) is 199 Å². The van der Waals surface area contributed by atoms with E-state index >= 15 is 0 Å². The van der Waals surface area contributed by atoms with Crippen molar-refractivity contribution in [3.8, 4) is 0 Å². The van der Waals surface area contributed by atoms with Crippen molar-refractivity contribution in [3.05, 3.63) is 83.1 Å². The van der Waals surface area contributed by atoms with Crippen LogP contribution in [0.25, 0.3) is 10.9 Å². The fraction of sp³-hybridized carbons (Fsp3) is 0.678. The zero-order chi connectivity index (χ0) is 53.3. The predicted molar refractivity (Wildman–Crippen MR) is 282 cm³/mol. The van der Waals surface area contributed by atoms with Gasteiger partial charge in [0.05, 0.1) is 30.5 Å². The number of fused-ring (bicyclic) bond motifs is 4. The van der Waals surface area contributed by atoms with Gasteiger partial charge in [0.1, 0.15) is 24.4 Å². The van der Waals surface area contributed by atoms with Gasteiger partial charge in [-0.15, -0.1) is 0 Å². The van der Waals surface area contributed by atoms with Crippen LogP contribution in [-0.4, -0.2) is 135 Å². The summed E-state index contributed by atoms with van der Waals surface area (Å²) in [6.45, 7) is 15.5. The number of aliphatic hydroxyl groups excluding tert-OH is 4. The average molecular weight is 1020 g/mol. The lowest BCUT2D eigenvalue weighted by molar-refractivity contribution is -0.264. The number of amides is 1. The third kappa shape index (κ3) is 14.1. The van der Waals surface area contributed by atoms with Crippen LogP contribution in [-0.2, 0) is 33.3 Å². The summed E-state index contributed by atoms with van der Waals surface area (Å²) in [5.41, 5.74) is 4.71. The second kappa shape index (κ2) is 26.2. The van der Waals surface area contributed by atoms with Crippen molar-refractivity contribution in [2.24, 2.45) is 35.5 Å². The molecule has 6 N–H and O–H groups in total. The Balaban J connectivity index is 1.35. The van der Waals surface area contributed by atoms with Gasteiger partial charge in [0, 0.05) is 62.0 Å². The maximum atomic E-state index is 14.6. The van der Waals surface area contributed by atoms with Crippen molar-refractivity contribution >= 4 is 28.6 Å². The lowest BCUT2D eigenvalue weighted by Gasteiger charge is -2.43. The molecule has 4 aliphatic rings. The third-order valence-electron chi connectivity index (χ3n) is 17.0. The van der Waals surface area contributed by atoms with Crippen LogP contribution in [0.5, 0.6) is 0 Å². The van der Waals surface area contributed by atoms with E-state index in [4.69, 9.17) is 18.9 Å². The SMILES string of the molecule is CO[C@H]1[C@@H](O)[C@H](C)C[C@H](C)/C=C/C=C/C=C(\C)C(c2c[nH]c3c(C)cccc23)C[C@@H]2CC[C@@H](C)[C@@](O)(O2)C(=O)C(=O)N2CCCCC2C(=O)O[C@H]([C@H](C)C[C@@H]2CC[C@@H](O)[C@H](OC)C2)C[C@H](O)[C@H](C)/C=C(\C)[C@H]1O. The number of rotatable bonds is 6. The molecule has 1 aliphatic carbocycles. The quantitative estimate of drug-likeness (QED) is 0.0918. The zero-order valence-electron chi connectivity index (χ0n) is 45.2.